The van der Waals surface area contributed by atoms with E-state index < -0.39 is 84.9 Å². The highest BCUT2D eigenvalue weighted by atomic mass is 16.5. The van der Waals surface area contributed by atoms with E-state index in [0.29, 0.717) is 5.56 Å². The van der Waals surface area contributed by atoms with Crippen LogP contribution in [0.3, 0.4) is 0 Å². The average Bonchev–Trinajstić information content (AvgIpc) is 2.91. The first kappa shape index (κ1) is 33.4. The van der Waals surface area contributed by atoms with Crippen molar-refractivity contribution in [1.29, 1.82) is 0 Å². The molecule has 0 aliphatic rings. The molecule has 0 aliphatic heterocycles. The van der Waals surface area contributed by atoms with E-state index in [4.69, 9.17) is 9.84 Å². The van der Waals surface area contributed by atoms with Crippen molar-refractivity contribution < 1.29 is 48.5 Å². The highest BCUT2D eigenvalue weighted by molar-refractivity contribution is 5.97. The molecule has 3 amide bonds. The smallest absolute Gasteiger partial charge is 0.310 e. The summed E-state index contributed by atoms with van der Waals surface area (Å²) in [6.07, 6.45) is -1.61. The van der Waals surface area contributed by atoms with Crippen LogP contribution in [-0.4, -0.2) is 76.4 Å². The van der Waals surface area contributed by atoms with Gasteiger partial charge in [0.25, 0.3) is 0 Å². The number of carbonyl (C=O) groups excluding carboxylic acids is 5. The first-order valence-corrected chi connectivity index (χ1v) is 13.2. The molecular weight excluding hydrogens is 550 g/mol. The predicted molar refractivity (Wildman–Crippen MR) is 149 cm³/mol. The summed E-state index contributed by atoms with van der Waals surface area (Å²) in [5.41, 5.74) is 0.678. The molecule has 0 bridgehead atoms. The summed E-state index contributed by atoms with van der Waals surface area (Å²) < 4.78 is 5.10. The third-order valence-corrected chi connectivity index (χ3v) is 6.26. The van der Waals surface area contributed by atoms with Crippen LogP contribution in [0.2, 0.25) is 0 Å². The number of benzene rings is 2. The first-order valence-electron chi connectivity index (χ1n) is 13.2. The van der Waals surface area contributed by atoms with Gasteiger partial charge in [0.2, 0.25) is 17.7 Å². The Morgan fingerprint density at radius 3 is 2.10 bits per heavy atom. The summed E-state index contributed by atoms with van der Waals surface area (Å²) >= 11 is 0. The van der Waals surface area contributed by atoms with E-state index in [1.54, 1.807) is 26.0 Å². The third-order valence-electron chi connectivity index (χ3n) is 6.26. The number of Topliss-reactive ketones (excluding diaryl/α,β-unsaturated/α-hetero) is 1. The van der Waals surface area contributed by atoms with Crippen LogP contribution in [0, 0.1) is 5.92 Å². The van der Waals surface area contributed by atoms with Crippen LogP contribution in [0.25, 0.3) is 10.8 Å². The van der Waals surface area contributed by atoms with Gasteiger partial charge < -0.3 is 30.9 Å². The SMILES string of the molecule is CC(=O)NC(CCC(=O)O)C(=O)NC(C(=O)NC(CC(=O)O)C(=O)COC(=O)Cc1cccc2ccccc12)C(C)C. The molecule has 13 nitrogen and oxygen atoms in total. The quantitative estimate of drug-likeness (QED) is 0.176. The van der Waals surface area contributed by atoms with E-state index in [1.807, 2.05) is 30.3 Å². The number of hydrogen-bond donors (Lipinski definition) is 5. The number of fused-ring (bicyclic) bond motifs is 1. The molecule has 0 heterocycles. The summed E-state index contributed by atoms with van der Waals surface area (Å²) in [4.78, 5) is 85.1. The normalized spacial score (nSPS) is 13.0. The zero-order chi connectivity index (χ0) is 31.4. The minimum atomic E-state index is -1.57. The monoisotopic (exact) mass is 585 g/mol. The second kappa shape index (κ2) is 15.8. The molecule has 13 heteroatoms. The average molecular weight is 586 g/mol. The minimum absolute atomic E-state index is 0.136. The molecule has 0 saturated heterocycles. The van der Waals surface area contributed by atoms with E-state index in [9.17, 15) is 38.7 Å². The molecule has 2 aromatic rings. The number of carbonyl (C=O) groups is 7. The van der Waals surface area contributed by atoms with Crippen LogP contribution in [0.5, 0.6) is 0 Å². The summed E-state index contributed by atoms with van der Waals surface area (Å²) in [5, 5.41) is 27.1. The Bertz CT molecular complexity index is 1330. The minimum Gasteiger partial charge on any atom is -0.481 e. The molecule has 5 N–H and O–H groups in total. The van der Waals surface area contributed by atoms with Gasteiger partial charge in [0, 0.05) is 13.3 Å². The Kier molecular flexibility index (Phi) is 12.6. The molecule has 0 fully saturated rings. The van der Waals surface area contributed by atoms with Gasteiger partial charge in [-0.15, -0.1) is 0 Å². The molecule has 3 unspecified atom stereocenters. The van der Waals surface area contributed by atoms with Crippen LogP contribution in [0.1, 0.15) is 45.6 Å². The van der Waals surface area contributed by atoms with Crippen molar-refractivity contribution in [3.05, 3.63) is 48.0 Å². The number of nitrogens with one attached hydrogen (secondary N) is 3. The number of ketones is 1. The number of carboxylic acids is 2. The van der Waals surface area contributed by atoms with Gasteiger partial charge >= 0.3 is 17.9 Å². The Balaban J connectivity index is 2.07. The van der Waals surface area contributed by atoms with Crippen molar-refractivity contribution in [2.75, 3.05) is 6.61 Å². The Morgan fingerprint density at radius 1 is 0.810 bits per heavy atom. The molecule has 0 saturated carbocycles. The fraction of sp³-hybridized carbons (Fsp3) is 0.414. The Morgan fingerprint density at radius 2 is 1.48 bits per heavy atom. The summed E-state index contributed by atoms with van der Waals surface area (Å²) in [7, 11) is 0. The van der Waals surface area contributed by atoms with Crippen molar-refractivity contribution in [3.63, 3.8) is 0 Å². The number of carboxylic acid groups (broad SMARTS) is 2. The van der Waals surface area contributed by atoms with E-state index >= 15 is 0 Å². The summed E-state index contributed by atoms with van der Waals surface area (Å²) in [6.45, 7) is 3.52. The van der Waals surface area contributed by atoms with Crippen molar-refractivity contribution in [2.24, 2.45) is 5.92 Å². The second-order valence-electron chi connectivity index (χ2n) is 10.0. The van der Waals surface area contributed by atoms with E-state index in [2.05, 4.69) is 16.0 Å². The van der Waals surface area contributed by atoms with E-state index in [1.165, 1.54) is 0 Å². The van der Waals surface area contributed by atoms with Crippen molar-refractivity contribution in [1.82, 2.24) is 16.0 Å². The molecule has 0 spiro atoms. The standard InChI is InChI=1S/C29H35N3O10/c1-16(2)27(32-28(40)21(30-17(3)33)11-12-24(35)36)29(41)31-22(14-25(37)38)23(34)15-42-26(39)13-19-9-6-8-18-7-4-5-10-20(18)19/h4-10,16,21-22,27H,11-15H2,1-3H3,(H,30,33)(H,31,41)(H,32,40)(H,35,36)(H,37,38). The van der Waals surface area contributed by atoms with Crippen molar-refractivity contribution >= 4 is 52.2 Å². The van der Waals surface area contributed by atoms with Gasteiger partial charge in [0.15, 0.2) is 12.4 Å². The van der Waals surface area contributed by atoms with Gasteiger partial charge in [0.05, 0.1) is 12.8 Å². The van der Waals surface area contributed by atoms with Gasteiger partial charge in [-0.2, -0.15) is 0 Å². The molecular formula is C29H35N3O10. The van der Waals surface area contributed by atoms with Crippen LogP contribution < -0.4 is 16.0 Å². The maximum absolute atomic E-state index is 13.1. The number of esters is 1. The van der Waals surface area contributed by atoms with Crippen LogP contribution in [-0.2, 0) is 44.7 Å². The van der Waals surface area contributed by atoms with Crippen LogP contribution in [0.4, 0.5) is 0 Å². The number of aliphatic carboxylic acids is 2. The van der Waals surface area contributed by atoms with Crippen molar-refractivity contribution in [2.45, 2.75) is 64.6 Å². The molecule has 2 rings (SSSR count). The molecule has 42 heavy (non-hydrogen) atoms. The van der Waals surface area contributed by atoms with E-state index in [0.717, 1.165) is 17.7 Å². The Labute approximate surface area is 242 Å². The lowest BCUT2D eigenvalue weighted by Crippen LogP contribution is -2.57. The Hall–Kier alpha value is -4.81. The summed E-state index contributed by atoms with van der Waals surface area (Å²) in [6, 6.07) is 8.74. The van der Waals surface area contributed by atoms with Gasteiger partial charge in [-0.3, -0.25) is 33.6 Å². The fourth-order valence-corrected chi connectivity index (χ4v) is 4.16. The van der Waals surface area contributed by atoms with Crippen LogP contribution in [0.15, 0.2) is 42.5 Å². The second-order valence-corrected chi connectivity index (χ2v) is 10.0. The zero-order valence-corrected chi connectivity index (χ0v) is 23.5. The molecule has 0 aliphatic carbocycles. The van der Waals surface area contributed by atoms with E-state index in [-0.39, 0.29) is 12.8 Å². The lowest BCUT2D eigenvalue weighted by molar-refractivity contribution is -0.149. The maximum Gasteiger partial charge on any atom is 0.310 e. The topological polar surface area (TPSA) is 205 Å². The number of hydrogen-bond acceptors (Lipinski definition) is 8. The van der Waals surface area contributed by atoms with Crippen molar-refractivity contribution in [3.8, 4) is 0 Å². The third kappa shape index (κ3) is 10.6. The van der Waals surface area contributed by atoms with Crippen LogP contribution >= 0.6 is 0 Å². The largest absolute Gasteiger partial charge is 0.481 e. The molecule has 226 valence electrons. The van der Waals surface area contributed by atoms with Gasteiger partial charge in [-0.05, 0) is 28.7 Å². The number of amides is 3. The molecule has 2 aromatic carbocycles. The lowest BCUT2D eigenvalue weighted by atomic mass is 10.0. The molecule has 0 radical (unpaired) electrons. The predicted octanol–water partition coefficient (Wildman–Crippen LogP) is 0.964. The zero-order valence-electron chi connectivity index (χ0n) is 23.5. The number of ether oxygens (including phenoxy) is 1. The highest BCUT2D eigenvalue weighted by Gasteiger charge is 2.32. The fourth-order valence-electron chi connectivity index (χ4n) is 4.16. The summed E-state index contributed by atoms with van der Waals surface area (Å²) in [5.74, 6) is -7.05. The van der Waals surface area contributed by atoms with Gasteiger partial charge in [-0.25, -0.2) is 0 Å². The lowest BCUT2D eigenvalue weighted by Gasteiger charge is -2.26. The molecule has 0 aromatic heterocycles. The highest BCUT2D eigenvalue weighted by Crippen LogP contribution is 2.19. The van der Waals surface area contributed by atoms with Gasteiger partial charge in [0.1, 0.15) is 18.1 Å². The number of rotatable bonds is 16. The maximum atomic E-state index is 13.1. The first-order chi connectivity index (χ1) is 19.8. The molecule has 3 atom stereocenters. The van der Waals surface area contributed by atoms with Gasteiger partial charge in [-0.1, -0.05) is 56.3 Å².